The molecule has 0 aliphatic carbocycles. The molecule has 0 saturated heterocycles. The lowest BCUT2D eigenvalue weighted by atomic mass is 10.3. The molecule has 0 bridgehead atoms. The van der Waals surface area contributed by atoms with Crippen LogP contribution in [-0.2, 0) is 10.0 Å². The summed E-state index contributed by atoms with van der Waals surface area (Å²) in [4.78, 5) is 0.334. The number of hydrogen-bond acceptors (Lipinski definition) is 2. The van der Waals surface area contributed by atoms with Crippen LogP contribution in [-0.4, -0.2) is 31.7 Å². The molecule has 0 aliphatic heterocycles. The molecule has 0 aliphatic rings. The van der Waals surface area contributed by atoms with Crippen LogP contribution < -0.4 is 0 Å². The van der Waals surface area contributed by atoms with Crippen molar-refractivity contribution in [3.63, 3.8) is 0 Å². The van der Waals surface area contributed by atoms with Gasteiger partial charge in [-0.1, -0.05) is 31.5 Å². The molecule has 0 radical (unpaired) electrons. The maximum absolute atomic E-state index is 12.3. The van der Waals surface area contributed by atoms with Crippen molar-refractivity contribution < 1.29 is 8.42 Å². The molecule has 0 spiro atoms. The molecule has 1 aromatic carbocycles. The molecule has 0 amide bonds. The van der Waals surface area contributed by atoms with E-state index in [2.05, 4.69) is 0 Å². The first kappa shape index (κ1) is 14.5. The van der Waals surface area contributed by atoms with Crippen LogP contribution >= 0.6 is 11.6 Å². The Labute approximate surface area is 108 Å². The largest absolute Gasteiger partial charge is 0.243 e. The van der Waals surface area contributed by atoms with Crippen LogP contribution in [0.3, 0.4) is 0 Å². The highest BCUT2D eigenvalue weighted by molar-refractivity contribution is 7.89. The Bertz CT molecular complexity index is 419. The molecule has 1 rings (SSSR count). The fourth-order valence-electron chi connectivity index (χ4n) is 1.52. The van der Waals surface area contributed by atoms with Crippen molar-refractivity contribution in [1.82, 2.24) is 4.31 Å². The van der Waals surface area contributed by atoms with Gasteiger partial charge in [0.1, 0.15) is 0 Å². The van der Waals surface area contributed by atoms with E-state index in [4.69, 9.17) is 11.6 Å². The molecule has 1 aromatic rings. The second-order valence-electron chi connectivity index (χ2n) is 3.76. The number of benzene rings is 1. The van der Waals surface area contributed by atoms with E-state index >= 15 is 0 Å². The van der Waals surface area contributed by atoms with Crippen molar-refractivity contribution in [2.24, 2.45) is 0 Å². The Morgan fingerprint density at radius 1 is 1.18 bits per heavy atom. The number of unbranched alkanes of at least 4 members (excludes halogenated alkanes) is 1. The Hall–Kier alpha value is -0.580. The summed E-state index contributed by atoms with van der Waals surface area (Å²) in [6.45, 7) is 2.92. The number of rotatable bonds is 7. The van der Waals surface area contributed by atoms with Gasteiger partial charge in [-0.2, -0.15) is 4.31 Å². The Balaban J connectivity index is 2.92. The first-order valence-corrected chi connectivity index (χ1v) is 7.71. The van der Waals surface area contributed by atoms with Gasteiger partial charge in [-0.05, 0) is 18.6 Å². The van der Waals surface area contributed by atoms with Crippen molar-refractivity contribution in [2.75, 3.05) is 19.0 Å². The zero-order chi connectivity index (χ0) is 12.7. The van der Waals surface area contributed by atoms with E-state index in [1.165, 1.54) is 4.31 Å². The number of hydrogen-bond donors (Lipinski definition) is 0. The average molecular weight is 276 g/mol. The SMILES string of the molecule is CCCCN(CCCl)S(=O)(=O)c1ccccc1. The van der Waals surface area contributed by atoms with Gasteiger partial charge in [-0.25, -0.2) is 8.42 Å². The summed E-state index contributed by atoms with van der Waals surface area (Å²) in [7, 11) is -3.39. The molecule has 17 heavy (non-hydrogen) atoms. The van der Waals surface area contributed by atoms with Gasteiger partial charge in [0.05, 0.1) is 4.90 Å². The minimum absolute atomic E-state index is 0.315. The molecular formula is C12H18ClNO2S. The number of halogens is 1. The second-order valence-corrected chi connectivity index (χ2v) is 6.08. The highest BCUT2D eigenvalue weighted by Gasteiger charge is 2.22. The van der Waals surface area contributed by atoms with Crippen LogP contribution in [0.1, 0.15) is 19.8 Å². The summed E-state index contributed by atoms with van der Waals surface area (Å²) in [5.41, 5.74) is 0. The Kier molecular flexibility index (Phi) is 5.95. The van der Waals surface area contributed by atoms with Gasteiger partial charge >= 0.3 is 0 Å². The van der Waals surface area contributed by atoms with E-state index in [1.807, 2.05) is 6.92 Å². The van der Waals surface area contributed by atoms with Gasteiger partial charge in [0.25, 0.3) is 0 Å². The van der Waals surface area contributed by atoms with Gasteiger partial charge in [-0.15, -0.1) is 11.6 Å². The van der Waals surface area contributed by atoms with E-state index in [0.717, 1.165) is 12.8 Å². The molecule has 3 nitrogen and oxygen atoms in total. The Morgan fingerprint density at radius 3 is 2.35 bits per heavy atom. The number of alkyl halides is 1. The first-order valence-electron chi connectivity index (χ1n) is 5.74. The fraction of sp³-hybridized carbons (Fsp3) is 0.500. The van der Waals surface area contributed by atoms with Crippen molar-refractivity contribution in [3.05, 3.63) is 30.3 Å². The predicted molar refractivity (Wildman–Crippen MR) is 70.8 cm³/mol. The van der Waals surface area contributed by atoms with E-state index in [-0.39, 0.29) is 0 Å². The van der Waals surface area contributed by atoms with Gasteiger partial charge in [-0.3, -0.25) is 0 Å². The van der Waals surface area contributed by atoms with Gasteiger partial charge in [0, 0.05) is 19.0 Å². The van der Waals surface area contributed by atoms with Crippen molar-refractivity contribution >= 4 is 21.6 Å². The molecule has 0 heterocycles. The number of sulfonamides is 1. The van der Waals surface area contributed by atoms with Crippen LogP contribution in [0.4, 0.5) is 0 Å². The van der Waals surface area contributed by atoms with Crippen molar-refractivity contribution in [1.29, 1.82) is 0 Å². The van der Waals surface area contributed by atoms with Crippen LogP contribution in [0.5, 0.6) is 0 Å². The molecular weight excluding hydrogens is 258 g/mol. The third-order valence-corrected chi connectivity index (χ3v) is 4.56. The zero-order valence-electron chi connectivity index (χ0n) is 9.97. The van der Waals surface area contributed by atoms with Crippen molar-refractivity contribution in [3.8, 4) is 0 Å². The fourth-order valence-corrected chi connectivity index (χ4v) is 3.33. The molecule has 5 heteroatoms. The molecule has 0 N–H and O–H groups in total. The van der Waals surface area contributed by atoms with Crippen LogP contribution in [0.2, 0.25) is 0 Å². The molecule has 0 unspecified atom stereocenters. The van der Waals surface area contributed by atoms with E-state index < -0.39 is 10.0 Å². The smallest absolute Gasteiger partial charge is 0.207 e. The molecule has 96 valence electrons. The summed E-state index contributed by atoms with van der Waals surface area (Å²) in [6.07, 6.45) is 1.81. The summed E-state index contributed by atoms with van der Waals surface area (Å²) in [5, 5.41) is 0. The lowest BCUT2D eigenvalue weighted by molar-refractivity contribution is 0.420. The zero-order valence-corrected chi connectivity index (χ0v) is 11.5. The number of nitrogens with zero attached hydrogens (tertiary/aromatic N) is 1. The lowest BCUT2D eigenvalue weighted by Gasteiger charge is -2.20. The highest BCUT2D eigenvalue weighted by atomic mass is 35.5. The molecule has 0 fully saturated rings. The maximum Gasteiger partial charge on any atom is 0.243 e. The summed E-state index contributed by atoms with van der Waals surface area (Å²) in [5.74, 6) is 0.315. The summed E-state index contributed by atoms with van der Waals surface area (Å²) >= 11 is 5.66. The minimum atomic E-state index is -3.39. The Morgan fingerprint density at radius 2 is 1.82 bits per heavy atom. The normalized spacial score (nSPS) is 11.9. The predicted octanol–water partition coefficient (Wildman–Crippen LogP) is 2.72. The topological polar surface area (TPSA) is 37.4 Å². The summed E-state index contributed by atoms with van der Waals surface area (Å²) < 4.78 is 26.0. The maximum atomic E-state index is 12.3. The van der Waals surface area contributed by atoms with E-state index in [0.29, 0.717) is 23.9 Å². The molecule has 0 aromatic heterocycles. The molecule has 0 saturated carbocycles. The van der Waals surface area contributed by atoms with Crippen LogP contribution in [0.25, 0.3) is 0 Å². The van der Waals surface area contributed by atoms with Gasteiger partial charge in [0.15, 0.2) is 0 Å². The van der Waals surface area contributed by atoms with E-state index in [1.54, 1.807) is 30.3 Å². The lowest BCUT2D eigenvalue weighted by Crippen LogP contribution is -2.33. The third kappa shape index (κ3) is 3.98. The van der Waals surface area contributed by atoms with Crippen molar-refractivity contribution in [2.45, 2.75) is 24.7 Å². The minimum Gasteiger partial charge on any atom is -0.207 e. The molecule has 0 atom stereocenters. The van der Waals surface area contributed by atoms with Gasteiger partial charge in [0.2, 0.25) is 10.0 Å². The van der Waals surface area contributed by atoms with Crippen LogP contribution in [0.15, 0.2) is 35.2 Å². The van der Waals surface area contributed by atoms with Crippen LogP contribution in [0, 0.1) is 0 Å². The first-order chi connectivity index (χ1) is 8.12. The highest BCUT2D eigenvalue weighted by Crippen LogP contribution is 2.15. The monoisotopic (exact) mass is 275 g/mol. The van der Waals surface area contributed by atoms with Gasteiger partial charge < -0.3 is 0 Å². The standard InChI is InChI=1S/C12H18ClNO2S/c1-2-3-10-14(11-9-13)17(15,16)12-7-5-4-6-8-12/h4-8H,2-3,9-11H2,1H3. The quantitative estimate of drug-likeness (QED) is 0.718. The summed E-state index contributed by atoms with van der Waals surface area (Å²) in [6, 6.07) is 8.49. The third-order valence-electron chi connectivity index (χ3n) is 2.48. The van der Waals surface area contributed by atoms with E-state index in [9.17, 15) is 8.42 Å². The second kappa shape index (κ2) is 6.99. The average Bonchev–Trinajstić information content (AvgIpc) is 2.35.